The molecule has 5 rings (SSSR count). The van der Waals surface area contributed by atoms with Crippen LogP contribution in [0.3, 0.4) is 0 Å². The number of alkyl halides is 2. The van der Waals surface area contributed by atoms with Crippen LogP contribution in [0.25, 0.3) is 0 Å². The van der Waals surface area contributed by atoms with Crippen molar-refractivity contribution in [2.24, 2.45) is 0 Å². The van der Waals surface area contributed by atoms with Gasteiger partial charge in [0.25, 0.3) is 11.8 Å². The van der Waals surface area contributed by atoms with E-state index < -0.39 is 23.4 Å². The molecule has 1 aliphatic heterocycles. The van der Waals surface area contributed by atoms with Crippen LogP contribution in [-0.2, 0) is 12.5 Å². The summed E-state index contributed by atoms with van der Waals surface area (Å²) < 4.78 is 36.4. The van der Waals surface area contributed by atoms with Crippen molar-refractivity contribution >= 4 is 23.2 Å². The van der Waals surface area contributed by atoms with Gasteiger partial charge < -0.3 is 15.0 Å². The first-order chi connectivity index (χ1) is 19.3. The van der Waals surface area contributed by atoms with E-state index in [-0.39, 0.29) is 29.4 Å². The maximum Gasteiger partial charge on any atom is 0.316 e. The third kappa shape index (κ3) is 5.35. The second kappa shape index (κ2) is 11.7. The third-order valence-corrected chi connectivity index (χ3v) is 6.00. The van der Waals surface area contributed by atoms with E-state index in [1.165, 1.54) is 59.4 Å². The van der Waals surface area contributed by atoms with Gasteiger partial charge in [0.15, 0.2) is 0 Å². The Bertz CT molecular complexity index is 1580. The van der Waals surface area contributed by atoms with Crippen molar-refractivity contribution in [1.82, 2.24) is 19.7 Å². The average Bonchev–Trinajstić information content (AvgIpc) is 3.44. The zero-order chi connectivity index (χ0) is 28.9. The fourth-order valence-corrected chi connectivity index (χ4v) is 4.09. The summed E-state index contributed by atoms with van der Waals surface area (Å²) >= 11 is 0. The molecule has 0 unspecified atom stereocenters. The van der Waals surface area contributed by atoms with Crippen LogP contribution in [0.1, 0.15) is 51.5 Å². The highest BCUT2D eigenvalue weighted by molar-refractivity contribution is 6.15. The number of halogens is 2. The molecule has 1 N–H and O–H groups in total. The number of nitriles is 1. The van der Waals surface area contributed by atoms with E-state index in [1.54, 1.807) is 18.2 Å². The molecule has 1 aliphatic rings. The number of nitrogens with one attached hydrogen (secondary N) is 1. The monoisotopic (exact) mass is 545 g/mol. The summed E-state index contributed by atoms with van der Waals surface area (Å²) in [5.41, 5.74) is 0.440. The summed E-state index contributed by atoms with van der Waals surface area (Å²) in [4.78, 5) is 35.2. The van der Waals surface area contributed by atoms with Crippen molar-refractivity contribution in [1.29, 1.82) is 5.26 Å². The van der Waals surface area contributed by atoms with Gasteiger partial charge >= 0.3 is 11.9 Å². The molecule has 12 heteroatoms. The fraction of sp³-hybridized carbons (Fsp3) is 0.214. The first kappa shape index (κ1) is 27.8. The third-order valence-electron chi connectivity index (χ3n) is 6.00. The van der Waals surface area contributed by atoms with Gasteiger partial charge in [-0.2, -0.15) is 24.1 Å². The van der Waals surface area contributed by atoms with Gasteiger partial charge in [-0.15, -0.1) is 0 Å². The molecule has 2 aromatic carbocycles. The van der Waals surface area contributed by atoms with E-state index in [4.69, 9.17) is 10.00 Å². The number of hydrogen-bond donors (Lipinski definition) is 1. The minimum Gasteiger partial charge on any atom is -0.467 e. The minimum absolute atomic E-state index is 0.0583. The number of fused-ring (bicyclic) bond motifs is 1. The number of carbonyl (C=O) groups excluding carboxylic acids is 2. The Morgan fingerprint density at radius 1 is 1.12 bits per heavy atom. The standard InChI is InChI=1S/C26H19F2N7O3.C2H6/c1-38-25-30-10-9-21(33-25)26(27,28)17-5-7-19(8-6-17)34-11-12-35-22(24(34)37)20(15-31-35)23(36)32-18-4-2-3-16(13-18)14-29;1-2/h2-10,13,15H,11-12H2,1H3,(H,32,36);1-2H3. The Morgan fingerprint density at radius 3 is 2.58 bits per heavy atom. The number of aromatic nitrogens is 4. The summed E-state index contributed by atoms with van der Waals surface area (Å²) in [5, 5.41) is 15.9. The highest BCUT2D eigenvalue weighted by Gasteiger charge is 2.37. The average molecular weight is 546 g/mol. The van der Waals surface area contributed by atoms with Gasteiger partial charge in [0.1, 0.15) is 11.4 Å². The number of nitrogens with zero attached hydrogens (tertiary/aromatic N) is 6. The molecule has 3 heterocycles. The second-order valence-electron chi connectivity index (χ2n) is 8.28. The Hall–Kier alpha value is -5.18. The molecule has 204 valence electrons. The van der Waals surface area contributed by atoms with Crippen LogP contribution in [0.4, 0.5) is 20.2 Å². The van der Waals surface area contributed by atoms with E-state index in [1.807, 2.05) is 19.9 Å². The lowest BCUT2D eigenvalue weighted by atomic mass is 10.0. The quantitative estimate of drug-likeness (QED) is 0.374. The maximum atomic E-state index is 15.1. The Morgan fingerprint density at radius 2 is 1.88 bits per heavy atom. The van der Waals surface area contributed by atoms with Crippen LogP contribution in [-0.4, -0.2) is 45.2 Å². The van der Waals surface area contributed by atoms with E-state index in [0.29, 0.717) is 23.5 Å². The van der Waals surface area contributed by atoms with E-state index in [9.17, 15) is 9.59 Å². The number of hydrogen-bond acceptors (Lipinski definition) is 7. The predicted octanol–water partition coefficient (Wildman–Crippen LogP) is 4.63. The molecule has 0 aliphatic carbocycles. The summed E-state index contributed by atoms with van der Waals surface area (Å²) in [7, 11) is 1.29. The van der Waals surface area contributed by atoms with Gasteiger partial charge in [-0.25, -0.2) is 4.98 Å². The maximum absolute atomic E-state index is 15.1. The van der Waals surface area contributed by atoms with Gasteiger partial charge in [0, 0.05) is 29.7 Å². The zero-order valence-corrected chi connectivity index (χ0v) is 21.9. The number of methoxy groups -OCH3 is 1. The first-order valence-electron chi connectivity index (χ1n) is 12.4. The van der Waals surface area contributed by atoms with Gasteiger partial charge in [-0.05, 0) is 36.4 Å². The predicted molar refractivity (Wildman–Crippen MR) is 142 cm³/mol. The van der Waals surface area contributed by atoms with E-state index >= 15 is 8.78 Å². The molecule has 4 aromatic rings. The number of anilines is 2. The van der Waals surface area contributed by atoms with Crippen molar-refractivity contribution in [3.63, 3.8) is 0 Å². The molecule has 0 bridgehead atoms. The van der Waals surface area contributed by atoms with Crippen LogP contribution >= 0.6 is 0 Å². The zero-order valence-electron chi connectivity index (χ0n) is 21.9. The number of carbonyl (C=O) groups is 2. The summed E-state index contributed by atoms with van der Waals surface area (Å²) in [6, 6.07) is 14.6. The van der Waals surface area contributed by atoms with E-state index in [2.05, 4.69) is 20.4 Å². The lowest BCUT2D eigenvalue weighted by Gasteiger charge is -2.28. The van der Waals surface area contributed by atoms with Crippen LogP contribution < -0.4 is 15.0 Å². The first-order valence-corrected chi connectivity index (χ1v) is 12.4. The molecular formula is C28H25F2N7O3. The van der Waals surface area contributed by atoms with Gasteiger partial charge in [0.2, 0.25) is 0 Å². The molecule has 0 spiro atoms. The molecule has 0 radical (unpaired) electrons. The Kier molecular flexibility index (Phi) is 8.14. The molecule has 2 aromatic heterocycles. The summed E-state index contributed by atoms with van der Waals surface area (Å²) in [6.07, 6.45) is 2.49. The van der Waals surface area contributed by atoms with Crippen LogP contribution in [0.2, 0.25) is 0 Å². The van der Waals surface area contributed by atoms with Crippen molar-refractivity contribution < 1.29 is 23.1 Å². The number of amides is 2. The van der Waals surface area contributed by atoms with Crippen LogP contribution in [0.15, 0.2) is 67.0 Å². The van der Waals surface area contributed by atoms with Gasteiger partial charge in [0.05, 0.1) is 37.0 Å². The summed E-state index contributed by atoms with van der Waals surface area (Å²) in [5.74, 6) is -4.48. The van der Waals surface area contributed by atoms with Crippen LogP contribution in [0, 0.1) is 11.3 Å². The van der Waals surface area contributed by atoms with Crippen molar-refractivity contribution in [3.8, 4) is 12.1 Å². The highest BCUT2D eigenvalue weighted by atomic mass is 19.3. The normalized spacial score (nSPS) is 12.5. The highest BCUT2D eigenvalue weighted by Crippen LogP contribution is 2.36. The molecule has 0 fully saturated rings. The number of ether oxygens (including phenoxy) is 1. The minimum atomic E-state index is -3.42. The fourth-order valence-electron chi connectivity index (χ4n) is 4.09. The largest absolute Gasteiger partial charge is 0.467 e. The molecule has 0 saturated carbocycles. The summed E-state index contributed by atoms with van der Waals surface area (Å²) in [6.45, 7) is 4.54. The van der Waals surface area contributed by atoms with Gasteiger partial charge in [-0.1, -0.05) is 32.0 Å². The molecular weight excluding hydrogens is 520 g/mol. The number of benzene rings is 2. The second-order valence-corrected chi connectivity index (χ2v) is 8.28. The molecule has 0 atom stereocenters. The smallest absolute Gasteiger partial charge is 0.316 e. The topological polar surface area (TPSA) is 126 Å². The lowest BCUT2D eigenvalue weighted by molar-refractivity contribution is 0.0371. The molecule has 0 saturated heterocycles. The molecule has 10 nitrogen and oxygen atoms in total. The van der Waals surface area contributed by atoms with E-state index in [0.717, 1.165) is 6.07 Å². The van der Waals surface area contributed by atoms with Crippen molar-refractivity contribution in [2.45, 2.75) is 26.3 Å². The Balaban J connectivity index is 0.00000181. The molecule has 40 heavy (non-hydrogen) atoms. The lowest BCUT2D eigenvalue weighted by Crippen LogP contribution is -2.41. The SMILES string of the molecule is CC.COc1nccc(C(F)(F)c2ccc(N3CCn4ncc(C(=O)Nc5cccc(C#N)c5)c4C3=O)cc2)n1. The van der Waals surface area contributed by atoms with Crippen molar-refractivity contribution in [3.05, 3.63) is 95.1 Å². The van der Waals surface area contributed by atoms with Gasteiger partial charge in [-0.3, -0.25) is 14.3 Å². The molecule has 2 amide bonds. The van der Waals surface area contributed by atoms with Crippen molar-refractivity contribution in [2.75, 3.05) is 23.9 Å². The number of rotatable bonds is 6. The Labute approximate surface area is 228 Å². The van der Waals surface area contributed by atoms with Crippen LogP contribution in [0.5, 0.6) is 6.01 Å².